The van der Waals surface area contributed by atoms with Crippen molar-refractivity contribution in [3.63, 3.8) is 0 Å². The van der Waals surface area contributed by atoms with Crippen molar-refractivity contribution in [1.29, 1.82) is 0 Å². The van der Waals surface area contributed by atoms with E-state index in [9.17, 15) is 4.79 Å². The van der Waals surface area contributed by atoms with Gasteiger partial charge >= 0.3 is 0 Å². The van der Waals surface area contributed by atoms with Gasteiger partial charge in [0.1, 0.15) is 11.8 Å². The van der Waals surface area contributed by atoms with Crippen LogP contribution in [0.1, 0.15) is 22.7 Å². The highest BCUT2D eigenvalue weighted by Crippen LogP contribution is 2.44. The summed E-state index contributed by atoms with van der Waals surface area (Å²) in [7, 11) is 3.19. The van der Waals surface area contributed by atoms with Crippen molar-refractivity contribution >= 4 is 23.2 Å². The molecule has 0 saturated carbocycles. The molecule has 1 heterocycles. The third-order valence-corrected chi connectivity index (χ3v) is 5.75. The molecule has 0 bridgehead atoms. The zero-order valence-electron chi connectivity index (χ0n) is 17.9. The molecule has 3 aromatic rings. The molecule has 1 aliphatic heterocycles. The summed E-state index contributed by atoms with van der Waals surface area (Å²) in [6.45, 7) is 4.02. The average molecular weight is 438 g/mol. The molecule has 5 nitrogen and oxygen atoms in total. The molecule has 31 heavy (non-hydrogen) atoms. The van der Waals surface area contributed by atoms with Crippen molar-refractivity contribution in [2.24, 2.45) is 0 Å². The van der Waals surface area contributed by atoms with Gasteiger partial charge in [-0.15, -0.1) is 0 Å². The van der Waals surface area contributed by atoms with E-state index >= 15 is 0 Å². The first-order chi connectivity index (χ1) is 14.9. The van der Waals surface area contributed by atoms with Gasteiger partial charge < -0.3 is 14.2 Å². The van der Waals surface area contributed by atoms with Gasteiger partial charge in [-0.2, -0.15) is 0 Å². The number of rotatable bonds is 6. The topological polar surface area (TPSA) is 48.0 Å². The summed E-state index contributed by atoms with van der Waals surface area (Å²) in [5, 5.41) is 0.612. The number of amides is 1. The summed E-state index contributed by atoms with van der Waals surface area (Å²) in [5.74, 6) is 1.73. The van der Waals surface area contributed by atoms with Gasteiger partial charge in [-0.25, -0.2) is 0 Å². The standard InChI is InChI=1S/C25H24ClNO4/c1-15-5-6-16(2)20(13-15)27-23(17-7-12-21(29-3)22(14-17)30-4)24(25(27)28)31-19-10-8-18(26)9-11-19/h5-14,23-24H,1-4H3/t23-,24+/m1/s1. The van der Waals surface area contributed by atoms with Gasteiger partial charge in [-0.1, -0.05) is 29.8 Å². The third-order valence-electron chi connectivity index (χ3n) is 5.50. The van der Waals surface area contributed by atoms with Crippen LogP contribution in [0.3, 0.4) is 0 Å². The number of methoxy groups -OCH3 is 2. The van der Waals surface area contributed by atoms with Gasteiger partial charge in [0, 0.05) is 10.7 Å². The maximum absolute atomic E-state index is 13.3. The van der Waals surface area contributed by atoms with Crippen molar-refractivity contribution in [2.75, 3.05) is 19.1 Å². The number of hydrogen-bond donors (Lipinski definition) is 0. The monoisotopic (exact) mass is 437 g/mol. The summed E-state index contributed by atoms with van der Waals surface area (Å²) in [6, 6.07) is 18.5. The molecule has 1 amide bonds. The Morgan fingerprint density at radius 2 is 1.58 bits per heavy atom. The first-order valence-corrected chi connectivity index (χ1v) is 10.3. The highest BCUT2D eigenvalue weighted by molar-refractivity contribution is 6.30. The summed E-state index contributed by atoms with van der Waals surface area (Å²) in [4.78, 5) is 15.1. The summed E-state index contributed by atoms with van der Waals surface area (Å²) < 4.78 is 17.0. The normalized spacial score (nSPS) is 17.8. The minimum Gasteiger partial charge on any atom is -0.493 e. The van der Waals surface area contributed by atoms with Gasteiger partial charge in [0.15, 0.2) is 11.5 Å². The number of carbonyl (C=O) groups is 1. The maximum Gasteiger partial charge on any atom is 0.271 e. The van der Waals surface area contributed by atoms with Crippen LogP contribution in [0.2, 0.25) is 5.02 Å². The lowest BCUT2D eigenvalue weighted by atomic mass is 9.88. The van der Waals surface area contributed by atoms with Gasteiger partial charge in [-0.05, 0) is 73.0 Å². The molecule has 3 aromatic carbocycles. The van der Waals surface area contributed by atoms with Crippen LogP contribution in [-0.4, -0.2) is 26.2 Å². The minimum absolute atomic E-state index is 0.0940. The first kappa shape index (κ1) is 21.1. The number of halogens is 1. The Morgan fingerprint density at radius 3 is 2.26 bits per heavy atom. The van der Waals surface area contributed by atoms with Gasteiger partial charge in [0.2, 0.25) is 6.10 Å². The van der Waals surface area contributed by atoms with Crippen molar-refractivity contribution in [3.8, 4) is 17.2 Å². The molecule has 1 aliphatic rings. The predicted molar refractivity (Wildman–Crippen MR) is 122 cm³/mol. The molecular weight excluding hydrogens is 414 g/mol. The lowest BCUT2D eigenvalue weighted by molar-refractivity contribution is -0.135. The summed E-state index contributed by atoms with van der Waals surface area (Å²) in [6.07, 6.45) is -0.667. The first-order valence-electron chi connectivity index (χ1n) is 9.97. The molecule has 2 atom stereocenters. The molecule has 0 unspecified atom stereocenters. The predicted octanol–water partition coefficient (Wildman–Crippen LogP) is 5.51. The highest BCUT2D eigenvalue weighted by atomic mass is 35.5. The number of ether oxygens (including phenoxy) is 3. The number of aryl methyl sites for hydroxylation is 2. The number of nitrogens with zero attached hydrogens (tertiary/aromatic N) is 1. The molecule has 0 radical (unpaired) electrons. The van der Waals surface area contributed by atoms with Crippen LogP contribution in [0.5, 0.6) is 17.2 Å². The van der Waals surface area contributed by atoms with Crippen LogP contribution in [-0.2, 0) is 4.79 Å². The van der Waals surface area contributed by atoms with E-state index < -0.39 is 6.10 Å². The van der Waals surface area contributed by atoms with E-state index in [2.05, 4.69) is 0 Å². The number of β-lactam (4-membered cyclic amide) rings is 1. The van der Waals surface area contributed by atoms with Crippen LogP contribution < -0.4 is 19.1 Å². The Hall–Kier alpha value is -3.18. The molecule has 1 saturated heterocycles. The second kappa shape index (κ2) is 8.52. The number of hydrogen-bond acceptors (Lipinski definition) is 4. The van der Waals surface area contributed by atoms with Crippen molar-refractivity contribution in [3.05, 3.63) is 82.4 Å². The molecule has 0 aromatic heterocycles. The molecule has 4 rings (SSSR count). The molecule has 0 N–H and O–H groups in total. The van der Waals surface area contributed by atoms with Crippen LogP contribution in [0.15, 0.2) is 60.7 Å². The van der Waals surface area contributed by atoms with E-state index in [1.165, 1.54) is 0 Å². The number of carbonyl (C=O) groups excluding carboxylic acids is 1. The lowest BCUT2D eigenvalue weighted by Gasteiger charge is -2.47. The van der Waals surface area contributed by atoms with E-state index in [1.54, 1.807) is 43.4 Å². The Balaban J connectivity index is 1.76. The van der Waals surface area contributed by atoms with E-state index in [1.807, 2.05) is 50.2 Å². The smallest absolute Gasteiger partial charge is 0.271 e. The van der Waals surface area contributed by atoms with Crippen LogP contribution in [0.25, 0.3) is 0 Å². The molecule has 0 spiro atoms. The molecule has 0 aliphatic carbocycles. The van der Waals surface area contributed by atoms with Crippen molar-refractivity contribution < 1.29 is 19.0 Å². The van der Waals surface area contributed by atoms with Crippen molar-refractivity contribution in [2.45, 2.75) is 26.0 Å². The zero-order valence-corrected chi connectivity index (χ0v) is 18.6. The Morgan fingerprint density at radius 1 is 0.871 bits per heavy atom. The van der Waals surface area contributed by atoms with Gasteiger partial charge in [-0.3, -0.25) is 9.69 Å². The lowest BCUT2D eigenvalue weighted by Crippen LogP contribution is -2.61. The second-order valence-corrected chi connectivity index (χ2v) is 7.99. The zero-order chi connectivity index (χ0) is 22.1. The fraction of sp³-hybridized carbons (Fsp3) is 0.240. The van der Waals surface area contributed by atoms with E-state index in [0.717, 1.165) is 22.4 Å². The SMILES string of the molecule is COc1ccc([C@@H]2[C@H](Oc3ccc(Cl)cc3)C(=O)N2c2cc(C)ccc2C)cc1OC. The largest absolute Gasteiger partial charge is 0.493 e. The summed E-state index contributed by atoms with van der Waals surface area (Å²) >= 11 is 5.99. The fourth-order valence-electron chi connectivity index (χ4n) is 3.85. The molecular formula is C25H24ClNO4. The maximum atomic E-state index is 13.3. The highest BCUT2D eigenvalue weighted by Gasteiger charge is 2.51. The molecule has 1 fully saturated rings. The van der Waals surface area contributed by atoms with Gasteiger partial charge in [0.25, 0.3) is 5.91 Å². The molecule has 160 valence electrons. The fourth-order valence-corrected chi connectivity index (χ4v) is 3.97. The van der Waals surface area contributed by atoms with E-state index in [4.69, 9.17) is 25.8 Å². The van der Waals surface area contributed by atoms with Crippen molar-refractivity contribution in [1.82, 2.24) is 0 Å². The summed E-state index contributed by atoms with van der Waals surface area (Å²) in [5.41, 5.74) is 3.88. The third kappa shape index (κ3) is 3.93. The molecule has 6 heteroatoms. The number of benzene rings is 3. The Kier molecular flexibility index (Phi) is 5.79. The van der Waals surface area contributed by atoms with E-state index in [-0.39, 0.29) is 11.9 Å². The Labute approximate surface area is 187 Å². The van der Waals surface area contributed by atoms with Gasteiger partial charge in [0.05, 0.1) is 14.2 Å². The minimum atomic E-state index is -0.667. The Bertz CT molecular complexity index is 1110. The van der Waals surface area contributed by atoms with Crippen LogP contribution in [0.4, 0.5) is 5.69 Å². The quantitative estimate of drug-likeness (QED) is 0.477. The average Bonchev–Trinajstić information content (AvgIpc) is 2.78. The van der Waals surface area contributed by atoms with E-state index in [0.29, 0.717) is 22.3 Å². The number of anilines is 1. The van der Waals surface area contributed by atoms with Crippen LogP contribution >= 0.6 is 11.6 Å². The second-order valence-electron chi connectivity index (χ2n) is 7.55. The van der Waals surface area contributed by atoms with Crippen LogP contribution in [0, 0.1) is 13.8 Å².